The van der Waals surface area contributed by atoms with Crippen molar-refractivity contribution in [2.45, 2.75) is 38.0 Å². The van der Waals surface area contributed by atoms with E-state index in [1.807, 2.05) is 30.3 Å². The Morgan fingerprint density at radius 3 is 2.31 bits per heavy atom. The number of carbonyl (C=O) groups is 3. The van der Waals surface area contributed by atoms with Gasteiger partial charge in [-0.3, -0.25) is 14.9 Å². The lowest BCUT2D eigenvalue weighted by atomic mass is 10.1. The molecule has 1 heterocycles. The monoisotopic (exact) mass is 485 g/mol. The van der Waals surface area contributed by atoms with Gasteiger partial charge in [-0.05, 0) is 24.0 Å². The molecule has 11 heteroatoms. The average molecular weight is 485 g/mol. The Kier molecular flexibility index (Phi) is 9.13. The van der Waals surface area contributed by atoms with Crippen molar-refractivity contribution in [3.8, 4) is 0 Å². The lowest BCUT2D eigenvalue weighted by molar-refractivity contribution is -0.384. The maximum atomic E-state index is 12.3. The third-order valence-corrected chi connectivity index (χ3v) is 5.58. The predicted octanol–water partition coefficient (Wildman–Crippen LogP) is 2.52. The van der Waals surface area contributed by atoms with Crippen LogP contribution in [0.2, 0.25) is 0 Å². The van der Waals surface area contributed by atoms with Gasteiger partial charge in [-0.1, -0.05) is 42.5 Å². The van der Waals surface area contributed by atoms with Gasteiger partial charge >= 0.3 is 12.1 Å². The number of carboxylic acid groups (broad SMARTS) is 1. The second-order valence-corrected chi connectivity index (χ2v) is 8.12. The summed E-state index contributed by atoms with van der Waals surface area (Å²) in [5, 5.41) is 22.6. The molecule has 0 aromatic heterocycles. The fourth-order valence-electron chi connectivity index (χ4n) is 3.63. The van der Waals surface area contributed by atoms with Gasteiger partial charge in [0.05, 0.1) is 11.0 Å². The molecular formula is C24H27N3O8. The topological polar surface area (TPSA) is 148 Å². The highest BCUT2D eigenvalue weighted by molar-refractivity contribution is 5.84. The predicted molar refractivity (Wildman–Crippen MR) is 124 cm³/mol. The van der Waals surface area contributed by atoms with Crippen molar-refractivity contribution >= 4 is 23.7 Å². The van der Waals surface area contributed by atoms with Crippen molar-refractivity contribution < 1.29 is 33.9 Å². The van der Waals surface area contributed by atoms with Gasteiger partial charge in [-0.25, -0.2) is 9.59 Å². The first-order chi connectivity index (χ1) is 16.8. The molecule has 1 atom stereocenters. The van der Waals surface area contributed by atoms with E-state index < -0.39 is 28.9 Å². The van der Waals surface area contributed by atoms with E-state index in [1.165, 1.54) is 24.3 Å². The van der Waals surface area contributed by atoms with Gasteiger partial charge in [0, 0.05) is 31.6 Å². The third kappa shape index (κ3) is 8.07. The molecule has 1 unspecified atom stereocenters. The molecule has 0 radical (unpaired) electrons. The SMILES string of the molecule is O=C(COC1CCN(C(=O)OCc2ccccc2)CC1)NC(Cc1ccc([N+](=O)[O-])cc1)C(=O)O. The smallest absolute Gasteiger partial charge is 0.410 e. The number of aliphatic carboxylic acids is 1. The second kappa shape index (κ2) is 12.5. The first-order valence-corrected chi connectivity index (χ1v) is 11.1. The molecule has 1 fully saturated rings. The second-order valence-electron chi connectivity index (χ2n) is 8.12. The molecule has 35 heavy (non-hydrogen) atoms. The van der Waals surface area contributed by atoms with Crippen molar-refractivity contribution in [2.24, 2.45) is 0 Å². The highest BCUT2D eigenvalue weighted by Gasteiger charge is 2.26. The van der Waals surface area contributed by atoms with E-state index in [0.717, 1.165) is 5.56 Å². The molecule has 2 N–H and O–H groups in total. The van der Waals surface area contributed by atoms with Crippen LogP contribution in [0.4, 0.5) is 10.5 Å². The first kappa shape index (κ1) is 25.6. The van der Waals surface area contributed by atoms with Crippen molar-refractivity contribution in [3.63, 3.8) is 0 Å². The number of ether oxygens (including phenoxy) is 2. The van der Waals surface area contributed by atoms with E-state index in [2.05, 4.69) is 5.32 Å². The Balaban J connectivity index is 1.38. The number of hydrogen-bond donors (Lipinski definition) is 2. The molecular weight excluding hydrogens is 458 g/mol. The molecule has 3 rings (SSSR count). The Labute approximate surface area is 201 Å². The van der Waals surface area contributed by atoms with Gasteiger partial charge in [0.15, 0.2) is 0 Å². The van der Waals surface area contributed by atoms with Crippen LogP contribution in [-0.2, 0) is 32.1 Å². The molecule has 0 aliphatic carbocycles. The number of nitrogens with zero attached hydrogens (tertiary/aromatic N) is 2. The van der Waals surface area contributed by atoms with Crippen molar-refractivity contribution in [2.75, 3.05) is 19.7 Å². The van der Waals surface area contributed by atoms with Gasteiger partial charge in [0.2, 0.25) is 5.91 Å². The number of rotatable bonds is 10. The standard InChI is InChI=1S/C24H27N3O8/c28-22(25-21(23(29)30)14-17-6-8-19(9-7-17)27(32)33)16-34-20-10-12-26(13-11-20)24(31)35-15-18-4-2-1-3-5-18/h1-9,20-21H,10-16H2,(H,25,28)(H,29,30). The maximum absolute atomic E-state index is 12.3. The third-order valence-electron chi connectivity index (χ3n) is 5.58. The summed E-state index contributed by atoms with van der Waals surface area (Å²) in [7, 11) is 0. The van der Waals surface area contributed by atoms with Crippen LogP contribution >= 0.6 is 0 Å². The fraction of sp³-hybridized carbons (Fsp3) is 0.375. The summed E-state index contributed by atoms with van der Waals surface area (Å²) in [5.41, 5.74) is 1.34. The van der Waals surface area contributed by atoms with E-state index in [4.69, 9.17) is 9.47 Å². The zero-order valence-corrected chi connectivity index (χ0v) is 19.0. The quantitative estimate of drug-likeness (QED) is 0.385. The molecule has 0 bridgehead atoms. The summed E-state index contributed by atoms with van der Waals surface area (Å²) >= 11 is 0. The van der Waals surface area contributed by atoms with Crippen molar-refractivity contribution in [3.05, 3.63) is 75.8 Å². The molecule has 186 valence electrons. The zero-order valence-electron chi connectivity index (χ0n) is 19.0. The maximum Gasteiger partial charge on any atom is 0.410 e. The van der Waals surface area contributed by atoms with E-state index in [0.29, 0.717) is 31.5 Å². The van der Waals surface area contributed by atoms with Gasteiger partial charge in [0.1, 0.15) is 19.3 Å². The van der Waals surface area contributed by atoms with E-state index in [1.54, 1.807) is 4.90 Å². The normalized spacial score (nSPS) is 14.7. The summed E-state index contributed by atoms with van der Waals surface area (Å²) in [4.78, 5) is 47.8. The molecule has 0 saturated carbocycles. The lowest BCUT2D eigenvalue weighted by Crippen LogP contribution is -2.45. The number of piperidine rings is 1. The van der Waals surface area contributed by atoms with Crippen molar-refractivity contribution in [1.82, 2.24) is 10.2 Å². The van der Waals surface area contributed by atoms with Crippen LogP contribution in [0, 0.1) is 10.1 Å². The number of carbonyl (C=O) groups excluding carboxylic acids is 2. The van der Waals surface area contributed by atoms with Crippen LogP contribution in [-0.4, -0.2) is 64.7 Å². The Bertz CT molecular complexity index is 1020. The molecule has 1 aliphatic heterocycles. The van der Waals surface area contributed by atoms with E-state index in [9.17, 15) is 29.6 Å². The Hall–Kier alpha value is -3.99. The van der Waals surface area contributed by atoms with Crippen molar-refractivity contribution in [1.29, 1.82) is 0 Å². The zero-order chi connectivity index (χ0) is 25.2. The van der Waals surface area contributed by atoms with E-state index >= 15 is 0 Å². The number of nitro groups is 1. The number of likely N-dealkylation sites (tertiary alicyclic amines) is 1. The Morgan fingerprint density at radius 2 is 1.71 bits per heavy atom. The summed E-state index contributed by atoms with van der Waals surface area (Å²) in [6, 6.07) is 13.6. The minimum absolute atomic E-state index is 0.0252. The summed E-state index contributed by atoms with van der Waals surface area (Å²) < 4.78 is 10.9. The van der Waals surface area contributed by atoms with Gasteiger partial charge < -0.3 is 24.8 Å². The summed E-state index contributed by atoms with van der Waals surface area (Å²) in [6.45, 7) is 0.740. The molecule has 11 nitrogen and oxygen atoms in total. The number of carboxylic acids is 1. The number of hydrogen-bond acceptors (Lipinski definition) is 7. The number of nitro benzene ring substituents is 1. The number of benzene rings is 2. The highest BCUT2D eigenvalue weighted by atomic mass is 16.6. The summed E-state index contributed by atoms with van der Waals surface area (Å²) in [5.74, 6) is -1.80. The fourth-order valence-corrected chi connectivity index (χ4v) is 3.63. The van der Waals surface area contributed by atoms with Crippen LogP contribution in [0.25, 0.3) is 0 Å². The van der Waals surface area contributed by atoms with Crippen LogP contribution in [0.5, 0.6) is 0 Å². The van der Waals surface area contributed by atoms with Crippen LogP contribution in [0.3, 0.4) is 0 Å². The van der Waals surface area contributed by atoms with Gasteiger partial charge in [0.25, 0.3) is 5.69 Å². The molecule has 1 saturated heterocycles. The molecule has 0 spiro atoms. The highest BCUT2D eigenvalue weighted by Crippen LogP contribution is 2.16. The van der Waals surface area contributed by atoms with Gasteiger partial charge in [-0.15, -0.1) is 0 Å². The first-order valence-electron chi connectivity index (χ1n) is 11.1. The van der Waals surface area contributed by atoms with Crippen LogP contribution in [0.15, 0.2) is 54.6 Å². The van der Waals surface area contributed by atoms with Gasteiger partial charge in [-0.2, -0.15) is 0 Å². The van der Waals surface area contributed by atoms with E-state index in [-0.39, 0.29) is 31.4 Å². The number of amides is 2. The molecule has 1 aliphatic rings. The largest absolute Gasteiger partial charge is 0.480 e. The average Bonchev–Trinajstić information content (AvgIpc) is 2.87. The number of nitrogens with one attached hydrogen (secondary N) is 1. The summed E-state index contributed by atoms with van der Waals surface area (Å²) in [6.07, 6.45) is 0.387. The van der Waals surface area contributed by atoms with Crippen LogP contribution < -0.4 is 5.32 Å². The molecule has 2 amide bonds. The minimum atomic E-state index is -1.22. The lowest BCUT2D eigenvalue weighted by Gasteiger charge is -2.31. The van der Waals surface area contributed by atoms with Crippen LogP contribution in [0.1, 0.15) is 24.0 Å². The molecule has 2 aromatic rings. The molecule has 2 aromatic carbocycles. The number of non-ortho nitro benzene ring substituents is 1. The minimum Gasteiger partial charge on any atom is -0.480 e. The Morgan fingerprint density at radius 1 is 1.06 bits per heavy atom.